The van der Waals surface area contributed by atoms with Crippen LogP contribution >= 0.6 is 0 Å². The number of aryl methyl sites for hydroxylation is 1. The lowest BCUT2D eigenvalue weighted by molar-refractivity contribution is -0.154. The highest BCUT2D eigenvalue weighted by molar-refractivity contribution is 6.38. The highest BCUT2D eigenvalue weighted by atomic mass is 19.4. The van der Waals surface area contributed by atoms with Crippen molar-refractivity contribution in [2.75, 3.05) is 0 Å². The molecule has 72 heavy (non-hydrogen) atoms. The molecule has 11 N–H and O–H groups in total. The number of hydrogen-bond donors (Lipinski definition) is 11. The molecule has 0 bridgehead atoms. The topological polar surface area (TPSA) is 353 Å². The van der Waals surface area contributed by atoms with E-state index in [0.717, 1.165) is 0 Å². The van der Waals surface area contributed by atoms with Crippen molar-refractivity contribution in [2.45, 2.75) is 142 Å². The van der Waals surface area contributed by atoms with Crippen molar-refractivity contribution in [2.24, 2.45) is 11.3 Å². The number of ketones is 1. The van der Waals surface area contributed by atoms with Crippen LogP contribution < -0.4 is 37.2 Å². The van der Waals surface area contributed by atoms with Crippen LogP contribution in [0.5, 0.6) is 5.75 Å². The number of hydrogen-bond acceptors (Lipinski definition) is 12. The summed E-state index contributed by atoms with van der Waals surface area (Å²) in [5.74, 6) is -14.9. The zero-order valence-electron chi connectivity index (χ0n) is 40.4. The maximum atomic E-state index is 14.4. The summed E-state index contributed by atoms with van der Waals surface area (Å²) in [5, 5.41) is 53.1. The van der Waals surface area contributed by atoms with Crippen LogP contribution in [0.4, 0.5) is 13.2 Å². The van der Waals surface area contributed by atoms with Gasteiger partial charge in [0.25, 0.3) is 5.91 Å². The Morgan fingerprint density at radius 2 is 1.12 bits per heavy atom. The van der Waals surface area contributed by atoms with Crippen LogP contribution in [0.3, 0.4) is 0 Å². The first-order chi connectivity index (χ1) is 33.4. The minimum absolute atomic E-state index is 0.111. The van der Waals surface area contributed by atoms with E-state index >= 15 is 0 Å². The summed E-state index contributed by atoms with van der Waals surface area (Å²) in [6, 6.07) is 0.894. The van der Waals surface area contributed by atoms with Crippen LogP contribution in [-0.4, -0.2) is 128 Å². The number of carboxylic acid groups (broad SMARTS) is 3. The number of rotatable bonds is 28. The quantitative estimate of drug-likeness (QED) is 0.0535. The van der Waals surface area contributed by atoms with Crippen molar-refractivity contribution < 1.29 is 86.3 Å². The van der Waals surface area contributed by atoms with E-state index in [0.29, 0.717) is 16.7 Å². The van der Waals surface area contributed by atoms with Gasteiger partial charge in [-0.1, -0.05) is 71.0 Å². The second kappa shape index (κ2) is 27.7. The van der Waals surface area contributed by atoms with Gasteiger partial charge in [0.05, 0.1) is 19.3 Å². The van der Waals surface area contributed by atoms with Crippen molar-refractivity contribution in [1.29, 1.82) is 0 Å². The summed E-state index contributed by atoms with van der Waals surface area (Å²) in [6.45, 7) is 9.09. The molecule has 2 aromatic carbocycles. The van der Waals surface area contributed by atoms with Gasteiger partial charge in [-0.15, -0.1) is 0 Å². The molecule has 6 atom stereocenters. The zero-order chi connectivity index (χ0) is 54.7. The second-order valence-electron chi connectivity index (χ2n) is 18.4. The number of phenolic OH excluding ortho intramolecular Hbond substituents is 1. The van der Waals surface area contributed by atoms with Gasteiger partial charge in [-0.05, 0) is 59.9 Å². The van der Waals surface area contributed by atoms with Gasteiger partial charge < -0.3 is 57.6 Å². The molecule has 0 radical (unpaired) electrons. The zero-order valence-corrected chi connectivity index (χ0v) is 40.4. The molecule has 0 aromatic heterocycles. The fourth-order valence-electron chi connectivity index (χ4n) is 6.85. The Kier molecular flexibility index (Phi) is 23.3. The lowest BCUT2D eigenvalue weighted by atomic mass is 9.85. The number of halogens is 3. The fourth-order valence-corrected chi connectivity index (χ4v) is 6.85. The Labute approximate surface area is 412 Å². The third kappa shape index (κ3) is 22.0. The number of nitrogens with one attached hydrogen (secondary N) is 7. The van der Waals surface area contributed by atoms with Crippen molar-refractivity contribution in [3.63, 3.8) is 0 Å². The number of amides is 7. The van der Waals surface area contributed by atoms with Crippen LogP contribution in [-0.2, 0) is 65.7 Å². The molecule has 0 aliphatic carbocycles. The van der Waals surface area contributed by atoms with Gasteiger partial charge >= 0.3 is 24.1 Å². The van der Waals surface area contributed by atoms with Gasteiger partial charge in [0.2, 0.25) is 41.2 Å². The normalized spacial score (nSPS) is 13.9. The number of carboxylic acids is 3. The van der Waals surface area contributed by atoms with Crippen molar-refractivity contribution >= 4 is 65.0 Å². The Bertz CT molecular complexity index is 2300. The maximum absolute atomic E-state index is 14.4. The molecule has 0 spiro atoms. The molecule has 0 saturated heterocycles. The lowest BCUT2D eigenvalue weighted by Gasteiger charge is -2.34. The Hall–Kier alpha value is -7.60. The minimum atomic E-state index is -5.07. The number of aromatic hydroxyl groups is 1. The Balaban J connectivity index is 2.49. The smallest absolute Gasteiger partial charge is 0.391 e. The second-order valence-corrected chi connectivity index (χ2v) is 18.4. The van der Waals surface area contributed by atoms with Crippen LogP contribution in [0.15, 0.2) is 48.5 Å². The number of carbonyl (C=O) groups is 11. The monoisotopic (exact) mass is 1020 g/mol. The number of phenols is 1. The molecule has 396 valence electrons. The van der Waals surface area contributed by atoms with E-state index in [9.17, 15) is 81.2 Å². The highest BCUT2D eigenvalue weighted by Gasteiger charge is 2.42. The van der Waals surface area contributed by atoms with Crippen LogP contribution in [0.2, 0.25) is 0 Å². The average Bonchev–Trinajstić information content (AvgIpc) is 3.26. The molecule has 7 amide bonds. The van der Waals surface area contributed by atoms with Gasteiger partial charge in [-0.3, -0.25) is 52.7 Å². The first-order valence-corrected chi connectivity index (χ1v) is 22.5. The van der Waals surface area contributed by atoms with E-state index in [1.54, 1.807) is 45.0 Å². The van der Waals surface area contributed by atoms with Crippen LogP contribution in [0, 0.1) is 18.3 Å². The average molecular weight is 1020 g/mol. The molecule has 25 heteroatoms. The fraction of sp³-hybridized carbons (Fsp3) is 0.511. The van der Waals surface area contributed by atoms with Crippen molar-refractivity contribution in [3.8, 4) is 5.75 Å². The van der Waals surface area contributed by atoms with Crippen LogP contribution in [0.1, 0.15) is 96.3 Å². The maximum Gasteiger partial charge on any atom is 0.391 e. The molecule has 0 aliphatic rings. The van der Waals surface area contributed by atoms with Crippen molar-refractivity contribution in [1.82, 2.24) is 37.2 Å². The lowest BCUT2D eigenvalue weighted by Crippen LogP contribution is -2.62. The molecule has 0 fully saturated rings. The summed E-state index contributed by atoms with van der Waals surface area (Å²) < 4.78 is 41.4. The third-order valence-electron chi connectivity index (χ3n) is 10.6. The number of aliphatic carboxylic acids is 3. The van der Waals surface area contributed by atoms with E-state index in [1.165, 1.54) is 45.0 Å². The minimum Gasteiger partial charge on any atom is -0.508 e. The summed E-state index contributed by atoms with van der Waals surface area (Å²) in [7, 11) is 0. The molecule has 0 aliphatic heterocycles. The number of Topliss-reactive ketones (excluding diaryl/α,β-unsaturated/α-hetero) is 1. The first-order valence-electron chi connectivity index (χ1n) is 22.5. The predicted molar refractivity (Wildman–Crippen MR) is 247 cm³/mol. The molecular weight excluding hydrogens is 960 g/mol. The number of benzene rings is 2. The number of alkyl halides is 3. The predicted octanol–water partition coefficient (Wildman–Crippen LogP) is 1.29. The van der Waals surface area contributed by atoms with Gasteiger partial charge in [0, 0.05) is 25.8 Å². The molecule has 2 rings (SSSR count). The molecule has 0 heterocycles. The molecule has 22 nitrogen and oxygen atoms in total. The first kappa shape index (κ1) is 60.5. The largest absolute Gasteiger partial charge is 0.508 e. The van der Waals surface area contributed by atoms with Crippen LogP contribution in [0.25, 0.3) is 0 Å². The van der Waals surface area contributed by atoms with E-state index in [1.807, 2.05) is 5.32 Å². The molecular formula is C47H62F3N7O15. The SMILES string of the molecule is Cc1ccccc1C[C@H](NC(=O)[C@H](CCC(=O)O)NC(=O)[C@H](CC(=O)O)NC(=O)CCC(=O)O)C(=O)N[C@H](C(=O)N[C@@H](CC(C)C)C(=O)N[C@H](CC(F)(F)F)C(=O)C(=O)NCc1ccc(O)cc1)C(C)(C)C. The summed E-state index contributed by atoms with van der Waals surface area (Å²) in [5.41, 5.74) is 0.256. The third-order valence-corrected chi connectivity index (χ3v) is 10.6. The number of carbonyl (C=O) groups excluding carboxylic acids is 8. The van der Waals surface area contributed by atoms with Gasteiger partial charge in [0.15, 0.2) is 0 Å². The van der Waals surface area contributed by atoms with Gasteiger partial charge in [0.1, 0.15) is 42.0 Å². The van der Waals surface area contributed by atoms with E-state index in [4.69, 9.17) is 5.11 Å². The molecule has 0 unspecified atom stereocenters. The summed E-state index contributed by atoms with van der Waals surface area (Å²) >= 11 is 0. The summed E-state index contributed by atoms with van der Waals surface area (Å²) in [4.78, 5) is 142. The summed E-state index contributed by atoms with van der Waals surface area (Å²) in [6.07, 6.45) is -11.3. The standard InChI is InChI=1S/C47H62F3N7O15/c1-24(2)19-30(41(68)56-33(22-47(48,49)50)38(66)44(71)51-23-26-11-13-28(58)14-12-26)55-45(72)39(46(4,5)6)57-43(70)31(20-27-10-8-7-9-25(27)3)54-40(67)29(15-17-35(60)61)53-42(69)32(21-37(64)65)52-34(59)16-18-36(62)63/h7-14,24,29-33,39,58H,15-23H2,1-6H3,(H,51,71)(H,52,59)(H,53,69)(H,54,67)(H,55,72)(H,56,68)(H,57,70)(H,60,61)(H,62,63)(H,64,65)/t29-,30-,31-,32-,33+,39+/m0/s1. The van der Waals surface area contributed by atoms with Gasteiger partial charge in [-0.25, -0.2) is 0 Å². The van der Waals surface area contributed by atoms with E-state index < -0.39 is 157 Å². The van der Waals surface area contributed by atoms with Gasteiger partial charge in [-0.2, -0.15) is 13.2 Å². The molecule has 0 saturated carbocycles. The highest BCUT2D eigenvalue weighted by Crippen LogP contribution is 2.24. The Morgan fingerprint density at radius 3 is 1.67 bits per heavy atom. The van der Waals surface area contributed by atoms with E-state index in [2.05, 4.69) is 31.9 Å². The molecule has 2 aromatic rings. The van der Waals surface area contributed by atoms with Crippen molar-refractivity contribution in [3.05, 3.63) is 65.2 Å². The van der Waals surface area contributed by atoms with E-state index in [-0.39, 0.29) is 25.1 Å². The Morgan fingerprint density at radius 1 is 0.597 bits per heavy atom.